The number of nitrogens with zero attached hydrogens (tertiary/aromatic N) is 3. The van der Waals surface area contributed by atoms with Crippen LogP contribution in [-0.2, 0) is 11.3 Å². The van der Waals surface area contributed by atoms with Gasteiger partial charge in [-0.05, 0) is 32.9 Å². The Kier molecular flexibility index (Phi) is 5.54. The lowest BCUT2D eigenvalue weighted by atomic mass is 10.2. The molecule has 0 spiro atoms. The minimum atomic E-state index is -2.90. The van der Waals surface area contributed by atoms with E-state index in [2.05, 4.69) is 4.98 Å². The quantitative estimate of drug-likeness (QED) is 0.456. The molecule has 0 aliphatic carbocycles. The predicted molar refractivity (Wildman–Crippen MR) is 102 cm³/mol. The Balaban J connectivity index is 2.21. The van der Waals surface area contributed by atoms with Gasteiger partial charge in [0.25, 0.3) is 0 Å². The average molecular weight is 432 g/mol. The van der Waals surface area contributed by atoms with Gasteiger partial charge in [-0.3, -0.25) is 9.47 Å². The summed E-state index contributed by atoms with van der Waals surface area (Å²) in [6.07, 6.45) is 1.73. The summed E-state index contributed by atoms with van der Waals surface area (Å²) < 4.78 is 38.6. The molecule has 0 N–H and O–H groups in total. The number of pyridine rings is 1. The van der Waals surface area contributed by atoms with E-state index in [-0.39, 0.29) is 33.4 Å². The van der Waals surface area contributed by atoms with Gasteiger partial charge < -0.3 is 9.15 Å². The van der Waals surface area contributed by atoms with E-state index in [0.29, 0.717) is 10.3 Å². The molecule has 3 rings (SSSR count). The van der Waals surface area contributed by atoms with Crippen molar-refractivity contribution in [2.24, 2.45) is 0 Å². The van der Waals surface area contributed by atoms with Crippen LogP contribution in [0.25, 0.3) is 11.0 Å². The first-order valence-electron chi connectivity index (χ1n) is 8.24. The number of ether oxygens (including phenoxy) is 1. The number of carbonyl (C=O) groups excluding carboxylic acids is 1. The highest BCUT2D eigenvalue weighted by Crippen LogP contribution is 2.37. The van der Waals surface area contributed by atoms with Crippen molar-refractivity contribution in [3.05, 3.63) is 46.6 Å². The van der Waals surface area contributed by atoms with E-state index < -0.39 is 18.2 Å². The van der Waals surface area contributed by atoms with Crippen molar-refractivity contribution in [1.29, 1.82) is 0 Å². The second-order valence-corrected chi connectivity index (χ2v) is 7.76. The van der Waals surface area contributed by atoms with Crippen LogP contribution in [0.15, 0.2) is 35.1 Å². The number of fused-ring (bicyclic) bond motifs is 1. The van der Waals surface area contributed by atoms with Crippen LogP contribution < -0.4 is 4.90 Å². The molecule has 3 heterocycles. The van der Waals surface area contributed by atoms with Crippen molar-refractivity contribution in [3.63, 3.8) is 0 Å². The molecule has 0 aromatic carbocycles. The summed E-state index contributed by atoms with van der Waals surface area (Å²) in [4.78, 5) is 18.1. The van der Waals surface area contributed by atoms with Gasteiger partial charge in [0.2, 0.25) is 0 Å². The third kappa shape index (κ3) is 4.23. The standard InChI is InChI=1S/C18H17Cl2F2N3O3/c1-18(2,3)28-17(26)24(8-10-5-4-6-27-10)12-7-13(20)23-14-11(19)9-25(15(12)14)16(21)22/h4-7,9,16H,8H2,1-3H3. The highest BCUT2D eigenvalue weighted by molar-refractivity contribution is 6.36. The van der Waals surface area contributed by atoms with E-state index in [1.165, 1.54) is 12.3 Å². The lowest BCUT2D eigenvalue weighted by Crippen LogP contribution is -2.36. The Labute approximate surface area is 169 Å². The number of anilines is 1. The topological polar surface area (TPSA) is 60.5 Å². The van der Waals surface area contributed by atoms with Crippen molar-refractivity contribution in [3.8, 4) is 0 Å². The van der Waals surface area contributed by atoms with Gasteiger partial charge >= 0.3 is 12.6 Å². The Hall–Kier alpha value is -2.32. The predicted octanol–water partition coefficient (Wildman–Crippen LogP) is 6.27. The largest absolute Gasteiger partial charge is 0.467 e. The van der Waals surface area contributed by atoms with Gasteiger partial charge in [-0.1, -0.05) is 23.2 Å². The molecule has 0 aliphatic rings. The monoisotopic (exact) mass is 431 g/mol. The summed E-state index contributed by atoms with van der Waals surface area (Å²) >= 11 is 12.2. The molecule has 3 aromatic heterocycles. The number of rotatable bonds is 4. The minimum absolute atomic E-state index is 0.00980. The number of amides is 1. The second kappa shape index (κ2) is 7.60. The molecular formula is C18H17Cl2F2N3O3. The van der Waals surface area contributed by atoms with Crippen molar-refractivity contribution in [1.82, 2.24) is 9.55 Å². The van der Waals surface area contributed by atoms with E-state index in [4.69, 9.17) is 32.4 Å². The van der Waals surface area contributed by atoms with Gasteiger partial charge in [0.05, 0.1) is 29.0 Å². The van der Waals surface area contributed by atoms with Crippen molar-refractivity contribution >= 4 is 46.0 Å². The number of aromatic nitrogens is 2. The van der Waals surface area contributed by atoms with E-state index in [9.17, 15) is 13.6 Å². The molecule has 6 nitrogen and oxygen atoms in total. The number of furan rings is 1. The van der Waals surface area contributed by atoms with Crippen LogP contribution in [0.4, 0.5) is 19.3 Å². The fourth-order valence-corrected chi connectivity index (χ4v) is 3.07. The van der Waals surface area contributed by atoms with Crippen LogP contribution in [0, 0.1) is 0 Å². The summed E-state index contributed by atoms with van der Waals surface area (Å²) in [6.45, 7) is 2.13. The van der Waals surface area contributed by atoms with Gasteiger partial charge in [-0.2, -0.15) is 8.78 Å². The maximum absolute atomic E-state index is 13.6. The van der Waals surface area contributed by atoms with Crippen LogP contribution in [-0.4, -0.2) is 21.2 Å². The van der Waals surface area contributed by atoms with Gasteiger partial charge in [0, 0.05) is 12.3 Å². The van der Waals surface area contributed by atoms with Crippen LogP contribution in [0.5, 0.6) is 0 Å². The summed E-state index contributed by atoms with van der Waals surface area (Å²) in [5.74, 6) is 0.424. The SMILES string of the molecule is CC(C)(C)OC(=O)N(Cc1ccco1)c1cc(Cl)nc2c(Cl)cn(C(F)F)c12. The Morgan fingerprint density at radius 1 is 1.39 bits per heavy atom. The summed E-state index contributed by atoms with van der Waals surface area (Å²) in [6, 6.07) is 4.61. The zero-order chi connectivity index (χ0) is 20.6. The molecule has 1 amide bonds. The van der Waals surface area contributed by atoms with E-state index >= 15 is 0 Å². The summed E-state index contributed by atoms with van der Waals surface area (Å²) in [5.41, 5.74) is -0.719. The Bertz CT molecular complexity index is 998. The fourth-order valence-electron chi connectivity index (χ4n) is 2.65. The third-order valence-corrected chi connectivity index (χ3v) is 4.16. The molecular weight excluding hydrogens is 415 g/mol. The van der Waals surface area contributed by atoms with Crippen LogP contribution in [0.2, 0.25) is 10.2 Å². The highest BCUT2D eigenvalue weighted by atomic mass is 35.5. The molecule has 0 fully saturated rings. The number of halogens is 4. The lowest BCUT2D eigenvalue weighted by Gasteiger charge is -2.27. The van der Waals surface area contributed by atoms with Gasteiger partial charge in [0.1, 0.15) is 22.0 Å². The van der Waals surface area contributed by atoms with Crippen molar-refractivity contribution in [2.75, 3.05) is 4.90 Å². The molecule has 0 saturated carbocycles. The highest BCUT2D eigenvalue weighted by Gasteiger charge is 2.29. The molecule has 0 bridgehead atoms. The molecule has 28 heavy (non-hydrogen) atoms. The van der Waals surface area contributed by atoms with Crippen LogP contribution >= 0.6 is 23.2 Å². The van der Waals surface area contributed by atoms with Crippen LogP contribution in [0.1, 0.15) is 33.1 Å². The average Bonchev–Trinajstić information content (AvgIpc) is 3.19. The molecule has 0 unspecified atom stereocenters. The minimum Gasteiger partial charge on any atom is -0.467 e. The maximum Gasteiger partial charge on any atom is 0.415 e. The number of carbonyl (C=O) groups is 1. The first kappa shape index (κ1) is 20.4. The summed E-state index contributed by atoms with van der Waals surface area (Å²) in [5, 5.41) is -0.0226. The Morgan fingerprint density at radius 3 is 2.68 bits per heavy atom. The van der Waals surface area contributed by atoms with E-state index in [1.54, 1.807) is 32.9 Å². The molecule has 0 atom stereocenters. The number of alkyl halides is 2. The first-order valence-corrected chi connectivity index (χ1v) is 9.00. The fraction of sp³-hybridized carbons (Fsp3) is 0.333. The van der Waals surface area contributed by atoms with Crippen molar-refractivity contribution < 1.29 is 22.7 Å². The van der Waals surface area contributed by atoms with Gasteiger partial charge in [0.15, 0.2) is 0 Å². The first-order chi connectivity index (χ1) is 13.1. The van der Waals surface area contributed by atoms with Crippen LogP contribution in [0.3, 0.4) is 0 Å². The zero-order valence-corrected chi connectivity index (χ0v) is 16.8. The normalized spacial score (nSPS) is 12.0. The van der Waals surface area contributed by atoms with Gasteiger partial charge in [-0.25, -0.2) is 9.78 Å². The third-order valence-electron chi connectivity index (χ3n) is 3.69. The maximum atomic E-state index is 13.6. The molecule has 3 aromatic rings. The van der Waals surface area contributed by atoms with Gasteiger partial charge in [-0.15, -0.1) is 0 Å². The molecule has 0 saturated heterocycles. The molecule has 0 aliphatic heterocycles. The molecule has 0 radical (unpaired) electrons. The lowest BCUT2D eigenvalue weighted by molar-refractivity contribution is 0.0572. The van der Waals surface area contributed by atoms with E-state index in [1.807, 2.05) is 0 Å². The smallest absolute Gasteiger partial charge is 0.415 e. The molecule has 150 valence electrons. The Morgan fingerprint density at radius 2 is 2.11 bits per heavy atom. The van der Waals surface area contributed by atoms with E-state index in [0.717, 1.165) is 11.1 Å². The summed E-state index contributed by atoms with van der Waals surface area (Å²) in [7, 11) is 0. The molecule has 10 heteroatoms. The van der Waals surface area contributed by atoms with Crippen molar-refractivity contribution in [2.45, 2.75) is 39.5 Å². The number of hydrogen-bond acceptors (Lipinski definition) is 4. The zero-order valence-electron chi connectivity index (χ0n) is 15.2. The number of hydrogen-bond donors (Lipinski definition) is 0. The second-order valence-electron chi connectivity index (χ2n) is 6.97.